The van der Waals surface area contributed by atoms with Crippen molar-refractivity contribution in [3.8, 4) is 0 Å². The zero-order valence-corrected chi connectivity index (χ0v) is 22.1. The maximum Gasteiger partial charge on any atom is 0.230 e. The number of benzene rings is 2. The molecule has 0 radical (unpaired) electrons. The van der Waals surface area contributed by atoms with Crippen molar-refractivity contribution < 1.29 is 9.59 Å². The Kier molecular flexibility index (Phi) is 9.53. The number of amides is 2. The fraction of sp³-hybridized carbons (Fsp3) is 0.231. The number of nitrogens with zero attached hydrogens (tertiary/aromatic N) is 4. The smallest absolute Gasteiger partial charge is 0.230 e. The molecule has 2 amide bonds. The number of hydrogen-bond donors (Lipinski definition) is 2. The number of aromatic nitrogens is 4. The van der Waals surface area contributed by atoms with E-state index in [1.54, 1.807) is 18.2 Å². The van der Waals surface area contributed by atoms with Crippen LogP contribution >= 0.6 is 34.5 Å². The van der Waals surface area contributed by atoms with Crippen molar-refractivity contribution in [1.29, 1.82) is 0 Å². The van der Waals surface area contributed by atoms with Gasteiger partial charge in [-0.05, 0) is 54.7 Å². The van der Waals surface area contributed by atoms with E-state index >= 15 is 0 Å². The highest BCUT2D eigenvalue weighted by atomic mass is 35.5. The topological polar surface area (TPSA) is 110 Å². The van der Waals surface area contributed by atoms with Gasteiger partial charge in [-0.3, -0.25) is 9.59 Å². The molecule has 8 nitrogen and oxygen atoms in total. The molecule has 0 aliphatic heterocycles. The second kappa shape index (κ2) is 13.2. The molecule has 2 heterocycles. The van der Waals surface area contributed by atoms with Gasteiger partial charge in [0.05, 0.1) is 18.5 Å². The fourth-order valence-electron chi connectivity index (χ4n) is 3.53. The van der Waals surface area contributed by atoms with Crippen LogP contribution in [0.2, 0.25) is 10.0 Å². The third-order valence-electron chi connectivity index (χ3n) is 5.39. The molecule has 190 valence electrons. The van der Waals surface area contributed by atoms with Gasteiger partial charge in [0.1, 0.15) is 5.01 Å². The molecule has 0 fully saturated rings. The summed E-state index contributed by atoms with van der Waals surface area (Å²) in [7, 11) is 0. The molecule has 0 spiro atoms. The van der Waals surface area contributed by atoms with Gasteiger partial charge in [0.2, 0.25) is 16.9 Å². The summed E-state index contributed by atoms with van der Waals surface area (Å²) in [6, 6.07) is 18.1. The number of halogens is 2. The Morgan fingerprint density at radius 2 is 1.32 bits per heavy atom. The van der Waals surface area contributed by atoms with Crippen molar-refractivity contribution in [3.63, 3.8) is 0 Å². The minimum atomic E-state index is -0.202. The molecule has 2 N–H and O–H groups in total. The number of anilines is 2. The Balaban J connectivity index is 1.16. The van der Waals surface area contributed by atoms with Crippen molar-refractivity contribution in [2.45, 2.75) is 38.5 Å². The van der Waals surface area contributed by atoms with Gasteiger partial charge in [0.25, 0.3) is 0 Å². The number of carbonyl (C=O) groups excluding carboxylic acids is 2. The molecule has 0 atom stereocenters. The third kappa shape index (κ3) is 8.31. The van der Waals surface area contributed by atoms with E-state index in [0.717, 1.165) is 47.5 Å². The van der Waals surface area contributed by atoms with Crippen LogP contribution in [0.5, 0.6) is 0 Å². The minimum Gasteiger partial charge on any atom is -0.309 e. The molecular weight excluding hydrogens is 531 g/mol. The third-order valence-corrected chi connectivity index (χ3v) is 7.03. The Hall–Kier alpha value is -3.40. The lowest BCUT2D eigenvalue weighted by atomic mass is 10.1. The standard InChI is InChI=1S/C26H24Cl2N6O2S/c27-20-10-4-1-7-17(20)15-23(35)29-22-14-13-19(31-32-22)9-3-6-12-25-33-34-26(37-25)30-24(36)16-18-8-2-5-11-21(18)28/h1-2,4-5,7-8,10-11,13-14H,3,6,9,12,15-16H2,(H,29,32,35)(H,30,34,36). The first-order chi connectivity index (χ1) is 18.0. The van der Waals surface area contributed by atoms with Crippen molar-refractivity contribution in [2.24, 2.45) is 0 Å². The van der Waals surface area contributed by atoms with E-state index in [2.05, 4.69) is 31.0 Å². The van der Waals surface area contributed by atoms with Crippen LogP contribution < -0.4 is 10.6 Å². The number of rotatable bonds is 11. The maximum atomic E-state index is 12.3. The molecule has 0 aliphatic rings. The molecule has 0 aliphatic carbocycles. The summed E-state index contributed by atoms with van der Waals surface area (Å²) in [4.78, 5) is 24.5. The lowest BCUT2D eigenvalue weighted by molar-refractivity contribution is -0.116. The summed E-state index contributed by atoms with van der Waals surface area (Å²) < 4.78 is 0. The van der Waals surface area contributed by atoms with Crippen LogP contribution in [0.3, 0.4) is 0 Å². The van der Waals surface area contributed by atoms with Crippen molar-refractivity contribution in [2.75, 3.05) is 10.6 Å². The minimum absolute atomic E-state index is 0.168. The molecule has 37 heavy (non-hydrogen) atoms. The lowest BCUT2D eigenvalue weighted by Crippen LogP contribution is -2.16. The van der Waals surface area contributed by atoms with Gasteiger partial charge in [-0.2, -0.15) is 5.10 Å². The average Bonchev–Trinajstić information content (AvgIpc) is 3.32. The van der Waals surface area contributed by atoms with Gasteiger partial charge in [0, 0.05) is 16.5 Å². The van der Waals surface area contributed by atoms with Crippen molar-refractivity contribution in [3.05, 3.63) is 92.5 Å². The number of hydrogen-bond acceptors (Lipinski definition) is 7. The van der Waals surface area contributed by atoms with Crippen LogP contribution in [0.15, 0.2) is 60.7 Å². The number of aryl methyl sites for hydroxylation is 2. The van der Waals surface area contributed by atoms with Crippen molar-refractivity contribution in [1.82, 2.24) is 20.4 Å². The van der Waals surface area contributed by atoms with Gasteiger partial charge in [-0.25, -0.2) is 0 Å². The van der Waals surface area contributed by atoms with E-state index in [1.807, 2.05) is 42.5 Å². The van der Waals surface area contributed by atoms with Crippen LogP contribution in [0, 0.1) is 0 Å². The first kappa shape index (κ1) is 26.7. The summed E-state index contributed by atoms with van der Waals surface area (Å²) >= 11 is 13.6. The molecule has 0 unspecified atom stereocenters. The Morgan fingerprint density at radius 3 is 1.95 bits per heavy atom. The van der Waals surface area contributed by atoms with Gasteiger partial charge < -0.3 is 10.6 Å². The van der Waals surface area contributed by atoms with E-state index in [1.165, 1.54) is 11.3 Å². The van der Waals surface area contributed by atoms with Crippen LogP contribution in [0.4, 0.5) is 10.9 Å². The molecule has 4 aromatic rings. The summed E-state index contributed by atoms with van der Waals surface area (Å²) in [6.07, 6.45) is 3.63. The summed E-state index contributed by atoms with van der Waals surface area (Å²) in [5.41, 5.74) is 2.36. The van der Waals surface area contributed by atoms with Crippen LogP contribution in [0.1, 0.15) is 34.7 Å². The van der Waals surface area contributed by atoms with Crippen LogP contribution in [-0.2, 0) is 35.3 Å². The van der Waals surface area contributed by atoms with Gasteiger partial charge in [-0.1, -0.05) is 70.9 Å². The zero-order chi connectivity index (χ0) is 26.0. The molecule has 2 aromatic carbocycles. The normalized spacial score (nSPS) is 10.8. The summed E-state index contributed by atoms with van der Waals surface area (Å²) in [5, 5.41) is 24.5. The molecule has 4 rings (SSSR count). The average molecular weight is 555 g/mol. The number of carbonyl (C=O) groups is 2. The second-order valence-electron chi connectivity index (χ2n) is 8.25. The summed E-state index contributed by atoms with van der Waals surface area (Å²) in [5.74, 6) is 0.0169. The SMILES string of the molecule is O=C(Cc1ccccc1Cl)Nc1ccc(CCCCc2nnc(NC(=O)Cc3ccccc3Cl)s2)nn1. The van der Waals surface area contributed by atoms with Gasteiger partial charge in [-0.15, -0.1) is 15.3 Å². The predicted octanol–water partition coefficient (Wildman–Crippen LogP) is 5.56. The molecule has 0 bridgehead atoms. The number of unbranched alkanes of at least 4 members (excludes halogenated alkanes) is 1. The lowest BCUT2D eigenvalue weighted by Gasteiger charge is -2.06. The molecule has 2 aromatic heterocycles. The zero-order valence-electron chi connectivity index (χ0n) is 19.8. The number of nitrogens with one attached hydrogen (secondary N) is 2. The maximum absolute atomic E-state index is 12.3. The van der Waals surface area contributed by atoms with E-state index in [-0.39, 0.29) is 24.7 Å². The van der Waals surface area contributed by atoms with E-state index in [0.29, 0.717) is 21.0 Å². The first-order valence-corrected chi connectivity index (χ1v) is 13.2. The van der Waals surface area contributed by atoms with E-state index in [9.17, 15) is 9.59 Å². The van der Waals surface area contributed by atoms with Gasteiger partial charge in [0.15, 0.2) is 5.82 Å². The molecule has 0 saturated heterocycles. The van der Waals surface area contributed by atoms with Gasteiger partial charge >= 0.3 is 0 Å². The first-order valence-electron chi connectivity index (χ1n) is 11.7. The summed E-state index contributed by atoms with van der Waals surface area (Å²) in [6.45, 7) is 0. The van der Waals surface area contributed by atoms with E-state index in [4.69, 9.17) is 23.2 Å². The highest BCUT2D eigenvalue weighted by molar-refractivity contribution is 7.15. The quantitative estimate of drug-likeness (QED) is 0.235. The highest BCUT2D eigenvalue weighted by Gasteiger charge is 2.11. The van der Waals surface area contributed by atoms with Crippen molar-refractivity contribution >= 4 is 57.3 Å². The Morgan fingerprint density at radius 1 is 0.703 bits per heavy atom. The van der Waals surface area contributed by atoms with E-state index < -0.39 is 0 Å². The molecule has 11 heteroatoms. The Bertz CT molecular complexity index is 1360. The fourth-order valence-corrected chi connectivity index (χ4v) is 4.73. The monoisotopic (exact) mass is 554 g/mol. The van der Waals surface area contributed by atoms with Crippen LogP contribution in [0.25, 0.3) is 0 Å². The molecular formula is C26H24Cl2N6O2S. The van der Waals surface area contributed by atoms with Crippen LogP contribution in [-0.4, -0.2) is 32.2 Å². The second-order valence-corrected chi connectivity index (χ2v) is 10.1. The largest absolute Gasteiger partial charge is 0.309 e. The molecule has 0 saturated carbocycles. The predicted molar refractivity (Wildman–Crippen MR) is 146 cm³/mol. The highest BCUT2D eigenvalue weighted by Crippen LogP contribution is 2.20. The Labute approximate surface area is 228 Å².